The van der Waals surface area contributed by atoms with Gasteiger partial charge in [-0.15, -0.1) is 0 Å². The fourth-order valence-corrected chi connectivity index (χ4v) is 2.50. The second-order valence-electron chi connectivity index (χ2n) is 5.65. The predicted molar refractivity (Wildman–Crippen MR) is 87.8 cm³/mol. The molecule has 5 nitrogen and oxygen atoms in total. The normalized spacial score (nSPS) is 12.3. The van der Waals surface area contributed by atoms with Crippen LogP contribution in [0.25, 0.3) is 5.65 Å². The molecule has 1 atom stereocenters. The lowest BCUT2D eigenvalue weighted by atomic mass is 10.0. The van der Waals surface area contributed by atoms with Crippen LogP contribution < -0.4 is 4.74 Å². The summed E-state index contributed by atoms with van der Waals surface area (Å²) >= 11 is 0. The van der Waals surface area contributed by atoms with Gasteiger partial charge in [0.05, 0.1) is 19.2 Å². The molecule has 3 aromatic rings. The van der Waals surface area contributed by atoms with Gasteiger partial charge in [-0.05, 0) is 24.1 Å². The monoisotopic (exact) mass is 309 g/mol. The third-order valence-electron chi connectivity index (χ3n) is 3.77. The highest BCUT2D eigenvalue weighted by atomic mass is 16.5. The number of hydrogen-bond acceptors (Lipinski definition) is 4. The van der Waals surface area contributed by atoms with Gasteiger partial charge in [0.1, 0.15) is 12.0 Å². The van der Waals surface area contributed by atoms with Gasteiger partial charge < -0.3 is 9.53 Å². The molecule has 2 aromatic heterocycles. The molecular formula is C18H19N3O2. The largest absolute Gasteiger partial charge is 0.491 e. The van der Waals surface area contributed by atoms with Crippen LogP contribution in [0.1, 0.15) is 29.8 Å². The number of rotatable bonds is 6. The van der Waals surface area contributed by atoms with E-state index in [1.165, 1.54) is 5.56 Å². The Morgan fingerprint density at radius 2 is 2.09 bits per heavy atom. The molecule has 0 N–H and O–H groups in total. The lowest BCUT2D eigenvalue weighted by Gasteiger charge is -2.14. The summed E-state index contributed by atoms with van der Waals surface area (Å²) in [5.74, 6) is 1.58. The molecular weight excluding hydrogens is 290 g/mol. The molecule has 0 unspecified atom stereocenters. The first-order chi connectivity index (χ1) is 11.2. The Hall–Kier alpha value is -2.69. The minimum atomic E-state index is 0.225. The number of nitrogens with zero attached hydrogens (tertiary/aromatic N) is 3. The van der Waals surface area contributed by atoms with Crippen molar-refractivity contribution < 1.29 is 9.53 Å². The van der Waals surface area contributed by atoms with Gasteiger partial charge in [-0.1, -0.05) is 37.3 Å². The number of aromatic nitrogens is 3. The smallest absolute Gasteiger partial charge is 0.158 e. The second kappa shape index (κ2) is 6.60. The van der Waals surface area contributed by atoms with Crippen LogP contribution in [0.5, 0.6) is 5.75 Å². The number of fused-ring (bicyclic) bond motifs is 1. The van der Waals surface area contributed by atoms with Crippen LogP contribution >= 0.6 is 0 Å². The zero-order valence-corrected chi connectivity index (χ0v) is 13.3. The van der Waals surface area contributed by atoms with E-state index < -0.39 is 0 Å². The first-order valence-electron chi connectivity index (χ1n) is 7.64. The number of aldehydes is 1. The van der Waals surface area contributed by atoms with Gasteiger partial charge in [-0.25, -0.2) is 9.50 Å². The lowest BCUT2D eigenvalue weighted by Crippen LogP contribution is -2.07. The molecule has 0 spiro atoms. The number of pyridine rings is 1. The summed E-state index contributed by atoms with van der Waals surface area (Å²) < 4.78 is 7.60. The number of hydrogen-bond donors (Lipinski definition) is 0. The van der Waals surface area contributed by atoms with Crippen LogP contribution in [0, 0.1) is 6.92 Å². The quantitative estimate of drug-likeness (QED) is 0.657. The summed E-state index contributed by atoms with van der Waals surface area (Å²) in [4.78, 5) is 15.0. The summed E-state index contributed by atoms with van der Waals surface area (Å²) in [5.41, 5.74) is 2.98. The molecule has 23 heavy (non-hydrogen) atoms. The van der Waals surface area contributed by atoms with Gasteiger partial charge in [0.2, 0.25) is 0 Å². The van der Waals surface area contributed by atoms with Crippen molar-refractivity contribution in [3.05, 3.63) is 59.5 Å². The molecule has 1 aromatic carbocycles. The van der Waals surface area contributed by atoms with E-state index in [1.807, 2.05) is 31.2 Å². The number of benzene rings is 1. The van der Waals surface area contributed by atoms with Crippen LogP contribution in [-0.2, 0) is 11.2 Å². The summed E-state index contributed by atoms with van der Waals surface area (Å²) in [5, 5.41) is 4.30. The highest BCUT2D eigenvalue weighted by molar-refractivity contribution is 5.55. The molecule has 0 amide bonds. The number of carbonyl (C=O) groups is 1. The van der Waals surface area contributed by atoms with E-state index in [1.54, 1.807) is 10.7 Å². The SMILES string of the molecule is Cc1cc(OC[C@H](C)c2ccccc2)cn2nc(CC=O)nc12. The first-order valence-corrected chi connectivity index (χ1v) is 7.64. The van der Waals surface area contributed by atoms with Crippen molar-refractivity contribution in [1.29, 1.82) is 0 Å². The van der Waals surface area contributed by atoms with Gasteiger partial charge in [0.25, 0.3) is 0 Å². The Bertz CT molecular complexity index is 812. The van der Waals surface area contributed by atoms with Gasteiger partial charge in [-0.3, -0.25) is 0 Å². The third-order valence-corrected chi connectivity index (χ3v) is 3.77. The van der Waals surface area contributed by atoms with Crippen LogP contribution in [0.4, 0.5) is 0 Å². The molecule has 0 saturated carbocycles. The molecule has 5 heteroatoms. The van der Waals surface area contributed by atoms with E-state index in [0.717, 1.165) is 23.2 Å². The van der Waals surface area contributed by atoms with E-state index in [2.05, 4.69) is 29.1 Å². The maximum atomic E-state index is 10.6. The van der Waals surface area contributed by atoms with Crippen molar-refractivity contribution in [3.63, 3.8) is 0 Å². The Morgan fingerprint density at radius 1 is 1.30 bits per heavy atom. The highest BCUT2D eigenvalue weighted by Crippen LogP contribution is 2.20. The van der Waals surface area contributed by atoms with Crippen LogP contribution in [0.2, 0.25) is 0 Å². The minimum Gasteiger partial charge on any atom is -0.491 e. The van der Waals surface area contributed by atoms with Crippen molar-refractivity contribution in [1.82, 2.24) is 14.6 Å². The Balaban J connectivity index is 1.76. The van der Waals surface area contributed by atoms with Crippen LogP contribution in [0.15, 0.2) is 42.6 Å². The number of ether oxygens (including phenoxy) is 1. The summed E-state index contributed by atoms with van der Waals surface area (Å²) in [7, 11) is 0. The predicted octanol–water partition coefficient (Wildman–Crippen LogP) is 2.96. The van der Waals surface area contributed by atoms with Crippen molar-refractivity contribution in [2.24, 2.45) is 0 Å². The Labute approximate surface area is 134 Å². The highest BCUT2D eigenvalue weighted by Gasteiger charge is 2.10. The van der Waals surface area contributed by atoms with Gasteiger partial charge in [0.15, 0.2) is 11.5 Å². The summed E-state index contributed by atoms with van der Waals surface area (Å²) in [6, 6.07) is 12.2. The van der Waals surface area contributed by atoms with E-state index >= 15 is 0 Å². The lowest BCUT2D eigenvalue weighted by molar-refractivity contribution is -0.107. The summed E-state index contributed by atoms with van der Waals surface area (Å²) in [6.07, 6.45) is 2.84. The molecule has 0 fully saturated rings. The molecule has 0 aliphatic carbocycles. The molecule has 0 aliphatic heterocycles. The minimum absolute atomic E-state index is 0.225. The van der Waals surface area contributed by atoms with E-state index in [0.29, 0.717) is 18.3 Å². The molecule has 118 valence electrons. The second-order valence-corrected chi connectivity index (χ2v) is 5.65. The van der Waals surface area contributed by atoms with Crippen LogP contribution in [0.3, 0.4) is 0 Å². The Morgan fingerprint density at radius 3 is 2.83 bits per heavy atom. The Kier molecular flexibility index (Phi) is 4.37. The average Bonchev–Trinajstić information content (AvgIpc) is 2.97. The standard InChI is InChI=1S/C18H19N3O2/c1-13-10-16(11-21-18(13)19-17(20-21)8-9-22)23-12-14(2)15-6-4-3-5-7-15/h3-7,9-11,14H,8,12H2,1-2H3/t14-/m0/s1. The van der Waals surface area contributed by atoms with Crippen molar-refractivity contribution in [3.8, 4) is 5.75 Å². The third kappa shape index (κ3) is 3.39. The molecule has 0 bridgehead atoms. The summed E-state index contributed by atoms with van der Waals surface area (Å²) in [6.45, 7) is 4.69. The zero-order valence-electron chi connectivity index (χ0n) is 13.3. The maximum absolute atomic E-state index is 10.6. The van der Waals surface area contributed by atoms with Crippen molar-refractivity contribution >= 4 is 11.9 Å². The fraction of sp³-hybridized carbons (Fsp3) is 0.278. The molecule has 2 heterocycles. The van der Waals surface area contributed by atoms with E-state index in [9.17, 15) is 4.79 Å². The van der Waals surface area contributed by atoms with Crippen LogP contribution in [-0.4, -0.2) is 27.5 Å². The van der Waals surface area contributed by atoms with Crippen molar-refractivity contribution in [2.75, 3.05) is 6.61 Å². The van der Waals surface area contributed by atoms with E-state index in [-0.39, 0.29) is 6.42 Å². The molecule has 0 saturated heterocycles. The van der Waals surface area contributed by atoms with Gasteiger partial charge in [0, 0.05) is 5.92 Å². The fourth-order valence-electron chi connectivity index (χ4n) is 2.50. The topological polar surface area (TPSA) is 56.5 Å². The molecule has 0 radical (unpaired) electrons. The number of aryl methyl sites for hydroxylation is 1. The van der Waals surface area contributed by atoms with Crippen molar-refractivity contribution in [2.45, 2.75) is 26.2 Å². The maximum Gasteiger partial charge on any atom is 0.158 e. The molecule has 0 aliphatic rings. The van der Waals surface area contributed by atoms with E-state index in [4.69, 9.17) is 4.74 Å². The first kappa shape index (κ1) is 15.2. The van der Waals surface area contributed by atoms with Gasteiger partial charge in [-0.2, -0.15) is 5.10 Å². The van der Waals surface area contributed by atoms with Gasteiger partial charge >= 0.3 is 0 Å². The molecule has 3 rings (SSSR count). The zero-order chi connectivity index (χ0) is 16.2. The number of carbonyl (C=O) groups excluding carboxylic acids is 1. The average molecular weight is 309 g/mol.